The van der Waals surface area contributed by atoms with Gasteiger partial charge < -0.3 is 14.6 Å². The number of nitrogens with one attached hydrogen (secondary N) is 1. The van der Waals surface area contributed by atoms with Gasteiger partial charge in [0.05, 0.1) is 23.2 Å². The maximum atomic E-state index is 12.3. The number of carbonyl (C=O) groups excluding carboxylic acids is 1. The molecule has 0 radical (unpaired) electrons. The van der Waals surface area contributed by atoms with Crippen LogP contribution in [0.15, 0.2) is 29.1 Å². The molecule has 2 rings (SSSR count). The molecule has 6 nitrogen and oxygen atoms in total. The van der Waals surface area contributed by atoms with Crippen LogP contribution < -0.4 is 10.1 Å². The van der Waals surface area contributed by atoms with Crippen LogP contribution in [0, 0.1) is 0 Å². The number of aromatic nitrogens is 2. The number of ether oxygens (including phenoxy) is 1. The standard InChI is InChI=1S/C13H14ClN3O3/c1-13(2,12-15-7-20-17-12)16-11(18)9-5-4-8(19-3)6-10(9)14/h4-7H,1-3H3,(H,16,18). The molecule has 7 heteroatoms. The summed E-state index contributed by atoms with van der Waals surface area (Å²) in [4.78, 5) is 16.2. The molecular weight excluding hydrogens is 282 g/mol. The molecule has 1 aromatic heterocycles. The van der Waals surface area contributed by atoms with Crippen LogP contribution >= 0.6 is 11.6 Å². The van der Waals surface area contributed by atoms with E-state index in [9.17, 15) is 4.79 Å². The first kappa shape index (κ1) is 14.3. The Hall–Kier alpha value is -2.08. The lowest BCUT2D eigenvalue weighted by molar-refractivity contribution is 0.0907. The molecule has 0 unspecified atom stereocenters. The van der Waals surface area contributed by atoms with Crippen molar-refractivity contribution >= 4 is 17.5 Å². The van der Waals surface area contributed by atoms with Crippen molar-refractivity contribution < 1.29 is 14.1 Å². The highest BCUT2D eigenvalue weighted by molar-refractivity contribution is 6.34. The summed E-state index contributed by atoms with van der Waals surface area (Å²) in [7, 11) is 1.53. The summed E-state index contributed by atoms with van der Waals surface area (Å²) in [6.07, 6.45) is 1.21. The fourth-order valence-corrected chi connectivity index (χ4v) is 1.92. The quantitative estimate of drug-likeness (QED) is 0.937. The van der Waals surface area contributed by atoms with E-state index in [-0.39, 0.29) is 5.91 Å². The molecule has 0 fully saturated rings. The Bertz CT molecular complexity index is 611. The second-order valence-electron chi connectivity index (χ2n) is 4.68. The van der Waals surface area contributed by atoms with E-state index < -0.39 is 5.54 Å². The lowest BCUT2D eigenvalue weighted by atomic mass is 10.0. The molecule has 106 valence electrons. The zero-order chi connectivity index (χ0) is 14.8. The van der Waals surface area contributed by atoms with Crippen LogP contribution in [0.3, 0.4) is 0 Å². The fourth-order valence-electron chi connectivity index (χ4n) is 1.66. The minimum Gasteiger partial charge on any atom is -0.497 e. The summed E-state index contributed by atoms with van der Waals surface area (Å²) in [5, 5.41) is 6.85. The average molecular weight is 296 g/mol. The number of methoxy groups -OCH3 is 1. The number of carbonyl (C=O) groups is 1. The topological polar surface area (TPSA) is 77.2 Å². The van der Waals surface area contributed by atoms with Gasteiger partial charge in [-0.1, -0.05) is 16.8 Å². The van der Waals surface area contributed by atoms with E-state index in [1.54, 1.807) is 32.0 Å². The predicted octanol–water partition coefficient (Wildman–Crippen LogP) is 2.40. The molecule has 0 spiro atoms. The molecule has 0 aliphatic carbocycles. The molecule has 20 heavy (non-hydrogen) atoms. The minimum absolute atomic E-state index is 0.311. The van der Waals surface area contributed by atoms with E-state index in [4.69, 9.17) is 16.3 Å². The molecule has 1 heterocycles. The Kier molecular flexibility index (Phi) is 3.94. The molecule has 1 aromatic carbocycles. The number of hydrogen-bond acceptors (Lipinski definition) is 5. The Morgan fingerprint density at radius 2 is 2.20 bits per heavy atom. The molecule has 2 aromatic rings. The zero-order valence-electron chi connectivity index (χ0n) is 11.3. The molecule has 1 amide bonds. The van der Waals surface area contributed by atoms with Gasteiger partial charge in [-0.2, -0.15) is 4.98 Å². The van der Waals surface area contributed by atoms with Crippen molar-refractivity contribution in [2.24, 2.45) is 0 Å². The van der Waals surface area contributed by atoms with E-state index in [1.807, 2.05) is 0 Å². The van der Waals surface area contributed by atoms with Gasteiger partial charge in [0, 0.05) is 0 Å². The first-order valence-corrected chi connectivity index (χ1v) is 6.25. The summed E-state index contributed by atoms with van der Waals surface area (Å²) >= 11 is 6.07. The Morgan fingerprint density at radius 3 is 2.75 bits per heavy atom. The Labute approximate surface area is 121 Å². The maximum absolute atomic E-state index is 12.3. The average Bonchev–Trinajstić information content (AvgIpc) is 2.92. The highest BCUT2D eigenvalue weighted by Crippen LogP contribution is 2.24. The van der Waals surface area contributed by atoms with Crippen molar-refractivity contribution in [3.8, 4) is 5.75 Å². The van der Waals surface area contributed by atoms with Crippen LogP contribution in [-0.2, 0) is 5.54 Å². The molecule has 0 aliphatic heterocycles. The van der Waals surface area contributed by atoms with E-state index in [0.717, 1.165) is 0 Å². The largest absolute Gasteiger partial charge is 0.497 e. The Balaban J connectivity index is 2.20. The van der Waals surface area contributed by atoms with Gasteiger partial charge in [0.2, 0.25) is 6.39 Å². The van der Waals surface area contributed by atoms with Gasteiger partial charge in [-0.15, -0.1) is 0 Å². The van der Waals surface area contributed by atoms with Crippen molar-refractivity contribution in [1.82, 2.24) is 15.5 Å². The first-order chi connectivity index (χ1) is 9.44. The third-order valence-electron chi connectivity index (χ3n) is 2.77. The molecule has 0 atom stereocenters. The highest BCUT2D eigenvalue weighted by atomic mass is 35.5. The van der Waals surface area contributed by atoms with Crippen LogP contribution in [0.2, 0.25) is 5.02 Å². The third kappa shape index (κ3) is 2.91. The van der Waals surface area contributed by atoms with Crippen LogP contribution in [0.1, 0.15) is 30.0 Å². The number of amides is 1. The molecule has 0 aliphatic rings. The van der Waals surface area contributed by atoms with Gasteiger partial charge in [-0.25, -0.2) is 0 Å². The summed E-state index contributed by atoms with van der Waals surface area (Å²) in [6.45, 7) is 3.54. The molecule has 0 saturated carbocycles. The Morgan fingerprint density at radius 1 is 1.45 bits per heavy atom. The number of halogens is 1. The SMILES string of the molecule is COc1ccc(C(=O)NC(C)(C)c2ncon2)c(Cl)c1. The van der Waals surface area contributed by atoms with E-state index >= 15 is 0 Å². The molecular formula is C13H14ClN3O3. The van der Waals surface area contributed by atoms with Gasteiger partial charge in [0.15, 0.2) is 5.82 Å². The highest BCUT2D eigenvalue weighted by Gasteiger charge is 2.28. The van der Waals surface area contributed by atoms with E-state index in [2.05, 4.69) is 20.0 Å². The number of benzene rings is 1. The number of rotatable bonds is 4. The van der Waals surface area contributed by atoms with Crippen LogP contribution in [0.5, 0.6) is 5.75 Å². The van der Waals surface area contributed by atoms with Crippen molar-refractivity contribution in [2.45, 2.75) is 19.4 Å². The molecule has 1 N–H and O–H groups in total. The maximum Gasteiger partial charge on any atom is 0.253 e. The van der Waals surface area contributed by atoms with Crippen molar-refractivity contribution in [2.75, 3.05) is 7.11 Å². The predicted molar refractivity (Wildman–Crippen MR) is 72.8 cm³/mol. The van der Waals surface area contributed by atoms with Crippen molar-refractivity contribution in [1.29, 1.82) is 0 Å². The lowest BCUT2D eigenvalue weighted by Gasteiger charge is -2.22. The van der Waals surface area contributed by atoms with Crippen LogP contribution in [0.4, 0.5) is 0 Å². The van der Waals surface area contributed by atoms with Crippen LogP contribution in [-0.4, -0.2) is 23.2 Å². The fraction of sp³-hybridized carbons (Fsp3) is 0.308. The van der Waals surface area contributed by atoms with E-state index in [1.165, 1.54) is 13.5 Å². The second kappa shape index (κ2) is 5.50. The minimum atomic E-state index is -0.770. The van der Waals surface area contributed by atoms with Gasteiger partial charge in [0.1, 0.15) is 5.75 Å². The van der Waals surface area contributed by atoms with Gasteiger partial charge in [-0.05, 0) is 32.0 Å². The summed E-state index contributed by atoms with van der Waals surface area (Å²) in [5.41, 5.74) is -0.420. The first-order valence-electron chi connectivity index (χ1n) is 5.87. The van der Waals surface area contributed by atoms with Gasteiger partial charge in [0.25, 0.3) is 5.91 Å². The van der Waals surface area contributed by atoms with E-state index in [0.29, 0.717) is 22.2 Å². The summed E-state index contributed by atoms with van der Waals surface area (Å²) in [6, 6.07) is 4.85. The lowest BCUT2D eigenvalue weighted by Crippen LogP contribution is -2.41. The summed E-state index contributed by atoms with van der Waals surface area (Å²) in [5.74, 6) is 0.645. The smallest absolute Gasteiger partial charge is 0.253 e. The summed E-state index contributed by atoms with van der Waals surface area (Å²) < 4.78 is 9.73. The van der Waals surface area contributed by atoms with Crippen molar-refractivity contribution in [3.05, 3.63) is 41.0 Å². The number of hydrogen-bond donors (Lipinski definition) is 1. The van der Waals surface area contributed by atoms with Crippen LogP contribution in [0.25, 0.3) is 0 Å². The normalized spacial score (nSPS) is 11.2. The number of nitrogens with zero attached hydrogens (tertiary/aromatic N) is 2. The molecule has 0 saturated heterocycles. The third-order valence-corrected chi connectivity index (χ3v) is 3.08. The molecule has 0 bridgehead atoms. The zero-order valence-corrected chi connectivity index (χ0v) is 12.1. The second-order valence-corrected chi connectivity index (χ2v) is 5.09. The van der Waals surface area contributed by atoms with Crippen molar-refractivity contribution in [3.63, 3.8) is 0 Å². The van der Waals surface area contributed by atoms with Gasteiger partial charge in [-0.3, -0.25) is 4.79 Å². The van der Waals surface area contributed by atoms with Gasteiger partial charge >= 0.3 is 0 Å². The monoisotopic (exact) mass is 295 g/mol.